The number of carbonyl (C=O) groups excluding carboxylic acids is 2. The van der Waals surface area contributed by atoms with E-state index >= 15 is 0 Å². The maximum atomic E-state index is 14.6. The Labute approximate surface area is 182 Å². The molecule has 3 aromatic carbocycles. The van der Waals surface area contributed by atoms with Crippen LogP contribution in [0.15, 0.2) is 72.3 Å². The SMILES string of the molecule is Cc1cccc(C2/C(=C(\O)c3ccc(Cl)cc3)C(=O)C(=O)N2c2cc(F)ccc2F)c1. The van der Waals surface area contributed by atoms with Gasteiger partial charge < -0.3 is 5.11 Å². The van der Waals surface area contributed by atoms with E-state index in [-0.39, 0.29) is 16.8 Å². The second-order valence-corrected chi connectivity index (χ2v) is 7.62. The van der Waals surface area contributed by atoms with Crippen LogP contribution in [0, 0.1) is 18.6 Å². The molecule has 1 N–H and O–H groups in total. The summed E-state index contributed by atoms with van der Waals surface area (Å²) in [5.41, 5.74) is 0.956. The molecular formula is C24H16ClF2NO3. The summed E-state index contributed by atoms with van der Waals surface area (Å²) in [5, 5.41) is 11.4. The third kappa shape index (κ3) is 3.70. The molecule has 1 atom stereocenters. The van der Waals surface area contributed by atoms with Crippen molar-refractivity contribution in [3.05, 3.63) is 106 Å². The fourth-order valence-corrected chi connectivity index (χ4v) is 3.80. The van der Waals surface area contributed by atoms with Gasteiger partial charge in [0.1, 0.15) is 17.4 Å². The molecule has 1 fully saturated rings. The summed E-state index contributed by atoms with van der Waals surface area (Å²) in [4.78, 5) is 26.8. The van der Waals surface area contributed by atoms with Gasteiger partial charge in [0.25, 0.3) is 11.7 Å². The van der Waals surface area contributed by atoms with Crippen molar-refractivity contribution in [3.8, 4) is 0 Å². The third-order valence-electron chi connectivity index (χ3n) is 5.09. The fourth-order valence-electron chi connectivity index (χ4n) is 3.67. The zero-order valence-electron chi connectivity index (χ0n) is 16.3. The lowest BCUT2D eigenvalue weighted by Crippen LogP contribution is -2.30. The van der Waals surface area contributed by atoms with Crippen molar-refractivity contribution in [2.45, 2.75) is 13.0 Å². The highest BCUT2D eigenvalue weighted by atomic mass is 35.5. The van der Waals surface area contributed by atoms with Gasteiger partial charge in [-0.25, -0.2) is 8.78 Å². The molecule has 4 nitrogen and oxygen atoms in total. The van der Waals surface area contributed by atoms with Gasteiger partial charge in [0, 0.05) is 16.7 Å². The first kappa shape index (κ1) is 20.8. The van der Waals surface area contributed by atoms with Gasteiger partial charge in [0.15, 0.2) is 0 Å². The number of rotatable bonds is 3. The molecular weight excluding hydrogens is 424 g/mol. The second kappa shape index (κ2) is 7.96. The molecule has 4 rings (SSSR count). The number of ketones is 1. The predicted molar refractivity (Wildman–Crippen MR) is 114 cm³/mol. The minimum atomic E-state index is -1.15. The minimum Gasteiger partial charge on any atom is -0.507 e. The molecule has 0 saturated carbocycles. The Morgan fingerprint density at radius 3 is 2.39 bits per heavy atom. The van der Waals surface area contributed by atoms with Gasteiger partial charge in [-0.15, -0.1) is 0 Å². The van der Waals surface area contributed by atoms with Gasteiger partial charge in [-0.05, 0) is 48.9 Å². The molecule has 0 aliphatic carbocycles. The zero-order valence-corrected chi connectivity index (χ0v) is 17.0. The summed E-state index contributed by atoms with van der Waals surface area (Å²) in [6.07, 6.45) is 0. The van der Waals surface area contributed by atoms with Crippen molar-refractivity contribution < 1.29 is 23.5 Å². The highest BCUT2D eigenvalue weighted by molar-refractivity contribution is 6.51. The number of Topliss-reactive ketones (excluding diaryl/α,β-unsaturated/α-hetero) is 1. The van der Waals surface area contributed by atoms with E-state index in [9.17, 15) is 23.5 Å². The number of amides is 1. The van der Waals surface area contributed by atoms with Crippen molar-refractivity contribution in [2.24, 2.45) is 0 Å². The fraction of sp³-hybridized carbons (Fsp3) is 0.0833. The lowest BCUT2D eigenvalue weighted by atomic mass is 9.94. The standard InChI is InChI=1S/C24H16ClF2NO3/c1-13-3-2-4-15(11-13)21-20(22(29)14-5-7-16(25)8-6-14)23(30)24(31)28(21)19-12-17(26)9-10-18(19)27/h2-12,21,29H,1H3/b22-20+. The molecule has 1 amide bonds. The van der Waals surface area contributed by atoms with Crippen LogP contribution in [0.25, 0.3) is 5.76 Å². The molecule has 0 bridgehead atoms. The molecule has 3 aromatic rings. The van der Waals surface area contributed by atoms with E-state index < -0.39 is 35.1 Å². The maximum Gasteiger partial charge on any atom is 0.300 e. The van der Waals surface area contributed by atoms with Crippen LogP contribution in [0.5, 0.6) is 0 Å². The predicted octanol–water partition coefficient (Wildman–Crippen LogP) is 5.55. The van der Waals surface area contributed by atoms with E-state index in [0.29, 0.717) is 10.6 Å². The number of hydrogen-bond donors (Lipinski definition) is 1. The zero-order chi connectivity index (χ0) is 22.3. The summed E-state index contributed by atoms with van der Waals surface area (Å²) >= 11 is 5.90. The largest absolute Gasteiger partial charge is 0.507 e. The summed E-state index contributed by atoms with van der Waals surface area (Å²) in [6.45, 7) is 1.82. The summed E-state index contributed by atoms with van der Waals surface area (Å²) in [6, 6.07) is 14.5. The van der Waals surface area contributed by atoms with Crippen LogP contribution in [0.4, 0.5) is 14.5 Å². The van der Waals surface area contributed by atoms with Gasteiger partial charge in [0.2, 0.25) is 0 Å². The summed E-state index contributed by atoms with van der Waals surface area (Å²) in [7, 11) is 0. The molecule has 0 aromatic heterocycles. The Balaban J connectivity index is 1.99. The van der Waals surface area contributed by atoms with Crippen molar-refractivity contribution in [1.82, 2.24) is 0 Å². The number of aliphatic hydroxyl groups is 1. The Bertz CT molecular complexity index is 1240. The molecule has 0 radical (unpaired) electrons. The van der Waals surface area contributed by atoms with E-state index in [0.717, 1.165) is 28.7 Å². The van der Waals surface area contributed by atoms with Crippen LogP contribution in [0.2, 0.25) is 5.02 Å². The molecule has 7 heteroatoms. The number of aliphatic hydroxyl groups excluding tert-OH is 1. The average Bonchev–Trinajstić information content (AvgIpc) is 3.00. The molecule has 31 heavy (non-hydrogen) atoms. The molecule has 1 saturated heterocycles. The monoisotopic (exact) mass is 439 g/mol. The van der Waals surface area contributed by atoms with Crippen LogP contribution in [0.3, 0.4) is 0 Å². The van der Waals surface area contributed by atoms with Crippen molar-refractivity contribution >= 4 is 34.7 Å². The third-order valence-corrected chi connectivity index (χ3v) is 5.34. The van der Waals surface area contributed by atoms with Crippen LogP contribution in [0.1, 0.15) is 22.7 Å². The lowest BCUT2D eigenvalue weighted by molar-refractivity contribution is -0.132. The Kier molecular flexibility index (Phi) is 5.33. The van der Waals surface area contributed by atoms with Crippen LogP contribution in [-0.4, -0.2) is 16.8 Å². The van der Waals surface area contributed by atoms with Crippen LogP contribution in [-0.2, 0) is 9.59 Å². The number of benzene rings is 3. The lowest BCUT2D eigenvalue weighted by Gasteiger charge is -2.26. The van der Waals surface area contributed by atoms with E-state index in [1.807, 2.05) is 13.0 Å². The summed E-state index contributed by atoms with van der Waals surface area (Å²) in [5.74, 6) is -4.12. The molecule has 1 aliphatic heterocycles. The van der Waals surface area contributed by atoms with Crippen molar-refractivity contribution in [1.29, 1.82) is 0 Å². The molecule has 156 valence electrons. The topological polar surface area (TPSA) is 57.6 Å². The number of anilines is 1. The highest BCUT2D eigenvalue weighted by Crippen LogP contribution is 2.43. The number of carbonyl (C=O) groups is 2. The van der Waals surface area contributed by atoms with Gasteiger partial charge in [0.05, 0.1) is 17.3 Å². The number of nitrogens with zero attached hydrogens (tertiary/aromatic N) is 1. The van der Waals surface area contributed by atoms with Crippen molar-refractivity contribution in [3.63, 3.8) is 0 Å². The smallest absolute Gasteiger partial charge is 0.300 e. The first-order valence-corrected chi connectivity index (χ1v) is 9.74. The molecule has 1 unspecified atom stereocenters. The van der Waals surface area contributed by atoms with E-state index in [2.05, 4.69) is 0 Å². The highest BCUT2D eigenvalue weighted by Gasteiger charge is 2.47. The quantitative estimate of drug-likeness (QED) is 0.330. The second-order valence-electron chi connectivity index (χ2n) is 7.19. The first-order valence-electron chi connectivity index (χ1n) is 9.36. The number of halogens is 3. The van der Waals surface area contributed by atoms with Gasteiger partial charge in [-0.2, -0.15) is 0 Å². The Hall–Kier alpha value is -3.51. The van der Waals surface area contributed by atoms with Crippen molar-refractivity contribution in [2.75, 3.05) is 4.90 Å². The maximum absolute atomic E-state index is 14.6. The minimum absolute atomic E-state index is 0.221. The summed E-state index contributed by atoms with van der Waals surface area (Å²) < 4.78 is 28.5. The van der Waals surface area contributed by atoms with Crippen LogP contribution >= 0.6 is 11.6 Å². The number of hydrogen-bond acceptors (Lipinski definition) is 3. The van der Waals surface area contributed by atoms with Gasteiger partial charge in [-0.3, -0.25) is 14.5 Å². The van der Waals surface area contributed by atoms with Gasteiger partial charge >= 0.3 is 0 Å². The van der Waals surface area contributed by atoms with E-state index in [1.165, 1.54) is 24.3 Å². The normalized spacial score (nSPS) is 17.9. The Morgan fingerprint density at radius 2 is 1.71 bits per heavy atom. The van der Waals surface area contributed by atoms with E-state index in [1.54, 1.807) is 18.2 Å². The molecule has 1 heterocycles. The first-order chi connectivity index (χ1) is 14.8. The molecule has 0 spiro atoms. The van der Waals surface area contributed by atoms with Gasteiger partial charge in [-0.1, -0.05) is 41.4 Å². The average molecular weight is 440 g/mol. The van der Waals surface area contributed by atoms with E-state index in [4.69, 9.17) is 11.6 Å². The number of aryl methyl sites for hydroxylation is 1. The molecule has 1 aliphatic rings. The van der Waals surface area contributed by atoms with Crippen LogP contribution < -0.4 is 4.90 Å². The Morgan fingerprint density at radius 1 is 1.00 bits per heavy atom.